The number of benzene rings is 3. The third kappa shape index (κ3) is 3.93. The average molecular weight is 354 g/mol. The van der Waals surface area contributed by atoms with Gasteiger partial charge < -0.3 is 9.88 Å². The van der Waals surface area contributed by atoms with Crippen molar-refractivity contribution in [2.24, 2.45) is 0 Å². The molecule has 3 nitrogen and oxygen atoms in total. The Morgan fingerprint density at radius 2 is 1.48 bits per heavy atom. The van der Waals surface area contributed by atoms with Crippen molar-refractivity contribution >= 4 is 22.5 Å². The number of amides is 1. The molecule has 134 valence electrons. The van der Waals surface area contributed by atoms with Crippen molar-refractivity contribution in [3.05, 3.63) is 102 Å². The minimum Gasteiger partial charge on any atom is -0.361 e. The fraction of sp³-hybridized carbons (Fsp3) is 0.125. The largest absolute Gasteiger partial charge is 0.361 e. The van der Waals surface area contributed by atoms with Crippen molar-refractivity contribution in [2.45, 2.75) is 19.4 Å². The molecule has 0 aliphatic rings. The molecule has 0 fully saturated rings. The van der Waals surface area contributed by atoms with Crippen molar-refractivity contribution in [2.75, 3.05) is 4.90 Å². The Kier molecular flexibility index (Phi) is 5.01. The lowest BCUT2D eigenvalue weighted by atomic mass is 10.1. The summed E-state index contributed by atoms with van der Waals surface area (Å²) in [6.45, 7) is 0.581. The molecule has 27 heavy (non-hydrogen) atoms. The zero-order valence-electron chi connectivity index (χ0n) is 15.1. The lowest BCUT2D eigenvalue weighted by molar-refractivity contribution is -0.118. The highest BCUT2D eigenvalue weighted by Crippen LogP contribution is 2.22. The minimum absolute atomic E-state index is 0.135. The SMILES string of the molecule is O=C(CCc1c[nH]c2ccccc12)N(Cc1ccccc1)c1ccccc1. The summed E-state index contributed by atoms with van der Waals surface area (Å²) in [5, 5.41) is 1.19. The summed E-state index contributed by atoms with van der Waals surface area (Å²) in [5.74, 6) is 0.135. The number of carbonyl (C=O) groups excluding carboxylic acids is 1. The smallest absolute Gasteiger partial charge is 0.227 e. The molecule has 0 spiro atoms. The molecule has 4 aromatic rings. The molecule has 3 aromatic carbocycles. The summed E-state index contributed by atoms with van der Waals surface area (Å²) < 4.78 is 0. The minimum atomic E-state index is 0.135. The van der Waals surface area contributed by atoms with Crippen LogP contribution in [0, 0.1) is 0 Å². The summed E-state index contributed by atoms with van der Waals surface area (Å²) in [5.41, 5.74) is 4.36. The van der Waals surface area contributed by atoms with Crippen molar-refractivity contribution in [3.63, 3.8) is 0 Å². The van der Waals surface area contributed by atoms with Crippen LogP contribution in [0.1, 0.15) is 17.5 Å². The normalized spacial score (nSPS) is 10.8. The number of H-pyrrole nitrogens is 1. The Hall–Kier alpha value is -3.33. The van der Waals surface area contributed by atoms with Crippen LogP contribution in [0.2, 0.25) is 0 Å². The fourth-order valence-electron chi connectivity index (χ4n) is 3.41. The number of para-hydroxylation sites is 2. The van der Waals surface area contributed by atoms with Gasteiger partial charge in [-0.05, 0) is 35.7 Å². The maximum absolute atomic E-state index is 13.1. The summed E-state index contributed by atoms with van der Waals surface area (Å²) >= 11 is 0. The summed E-state index contributed by atoms with van der Waals surface area (Å²) in [6.07, 6.45) is 3.21. The van der Waals surface area contributed by atoms with Crippen LogP contribution in [0.25, 0.3) is 10.9 Å². The second-order valence-electron chi connectivity index (χ2n) is 6.66. The second kappa shape index (κ2) is 7.92. The topological polar surface area (TPSA) is 36.1 Å². The molecule has 3 heteroatoms. The molecule has 0 aliphatic heterocycles. The zero-order valence-corrected chi connectivity index (χ0v) is 15.1. The molecule has 0 saturated carbocycles. The fourth-order valence-corrected chi connectivity index (χ4v) is 3.41. The van der Waals surface area contributed by atoms with Crippen molar-refractivity contribution in [1.82, 2.24) is 4.98 Å². The standard InChI is InChI=1S/C24H22N2O/c27-24(16-15-20-17-25-23-14-8-7-13-22(20)23)26(21-11-5-2-6-12-21)18-19-9-3-1-4-10-19/h1-14,17,25H,15-16,18H2. The van der Waals surface area contributed by atoms with Crippen LogP contribution in [0.4, 0.5) is 5.69 Å². The van der Waals surface area contributed by atoms with Gasteiger partial charge in [0.15, 0.2) is 0 Å². The first-order chi connectivity index (χ1) is 13.3. The Labute approximate surface area is 159 Å². The highest BCUT2D eigenvalue weighted by Gasteiger charge is 2.16. The van der Waals surface area contributed by atoms with E-state index in [1.807, 2.05) is 71.8 Å². The summed E-state index contributed by atoms with van der Waals surface area (Å²) in [4.78, 5) is 18.3. The number of aromatic amines is 1. The number of carbonyl (C=O) groups is 1. The van der Waals surface area contributed by atoms with Crippen molar-refractivity contribution in [3.8, 4) is 0 Å². The van der Waals surface area contributed by atoms with Gasteiger partial charge in [-0.2, -0.15) is 0 Å². The molecule has 1 amide bonds. The average Bonchev–Trinajstić information content (AvgIpc) is 3.15. The van der Waals surface area contributed by atoms with Crippen LogP contribution >= 0.6 is 0 Å². The molecule has 0 unspecified atom stereocenters. The molecule has 0 atom stereocenters. The van der Waals surface area contributed by atoms with Crippen LogP contribution in [-0.4, -0.2) is 10.9 Å². The van der Waals surface area contributed by atoms with Crippen LogP contribution in [0.3, 0.4) is 0 Å². The van der Waals surface area contributed by atoms with E-state index in [9.17, 15) is 4.79 Å². The molecule has 1 N–H and O–H groups in total. The number of nitrogens with zero attached hydrogens (tertiary/aromatic N) is 1. The molecule has 0 aliphatic carbocycles. The Bertz CT molecular complexity index is 1020. The van der Waals surface area contributed by atoms with E-state index in [0.717, 1.165) is 23.2 Å². The number of anilines is 1. The maximum Gasteiger partial charge on any atom is 0.227 e. The van der Waals surface area contributed by atoms with E-state index in [0.29, 0.717) is 13.0 Å². The Balaban J connectivity index is 1.53. The molecule has 0 bridgehead atoms. The van der Waals surface area contributed by atoms with E-state index in [1.54, 1.807) is 0 Å². The van der Waals surface area contributed by atoms with Gasteiger partial charge in [-0.3, -0.25) is 4.79 Å². The van der Waals surface area contributed by atoms with E-state index in [-0.39, 0.29) is 5.91 Å². The molecule has 0 saturated heterocycles. The van der Waals surface area contributed by atoms with Crippen LogP contribution < -0.4 is 4.90 Å². The van der Waals surface area contributed by atoms with Crippen LogP contribution in [0.5, 0.6) is 0 Å². The Morgan fingerprint density at radius 3 is 2.26 bits per heavy atom. The summed E-state index contributed by atoms with van der Waals surface area (Å²) in [6, 6.07) is 28.2. The molecule has 1 aromatic heterocycles. The first kappa shape index (κ1) is 17.1. The van der Waals surface area contributed by atoms with Gasteiger partial charge >= 0.3 is 0 Å². The first-order valence-electron chi connectivity index (χ1n) is 9.25. The lowest BCUT2D eigenvalue weighted by Crippen LogP contribution is -2.30. The number of hydrogen-bond donors (Lipinski definition) is 1. The maximum atomic E-state index is 13.1. The van der Waals surface area contributed by atoms with Crippen LogP contribution in [-0.2, 0) is 17.8 Å². The van der Waals surface area contributed by atoms with Gasteiger partial charge in [0.05, 0.1) is 6.54 Å². The van der Waals surface area contributed by atoms with E-state index in [4.69, 9.17) is 0 Å². The van der Waals surface area contributed by atoms with Gasteiger partial charge in [0, 0.05) is 29.2 Å². The Morgan fingerprint density at radius 1 is 0.815 bits per heavy atom. The predicted molar refractivity (Wildman–Crippen MR) is 111 cm³/mol. The van der Waals surface area contributed by atoms with E-state index in [1.165, 1.54) is 10.9 Å². The van der Waals surface area contributed by atoms with Gasteiger partial charge in [0.25, 0.3) is 0 Å². The van der Waals surface area contributed by atoms with Crippen LogP contribution in [0.15, 0.2) is 91.1 Å². The third-order valence-corrected chi connectivity index (χ3v) is 4.84. The number of aryl methyl sites for hydroxylation is 1. The quantitative estimate of drug-likeness (QED) is 0.499. The number of rotatable bonds is 6. The van der Waals surface area contributed by atoms with E-state index < -0.39 is 0 Å². The lowest BCUT2D eigenvalue weighted by Gasteiger charge is -2.23. The van der Waals surface area contributed by atoms with E-state index >= 15 is 0 Å². The number of nitrogens with one attached hydrogen (secondary N) is 1. The number of hydrogen-bond acceptors (Lipinski definition) is 1. The highest BCUT2D eigenvalue weighted by molar-refractivity contribution is 5.94. The monoisotopic (exact) mass is 354 g/mol. The molecule has 0 radical (unpaired) electrons. The van der Waals surface area contributed by atoms with E-state index in [2.05, 4.69) is 29.2 Å². The van der Waals surface area contributed by atoms with Gasteiger partial charge in [-0.1, -0.05) is 66.7 Å². The van der Waals surface area contributed by atoms with Gasteiger partial charge in [-0.25, -0.2) is 0 Å². The number of fused-ring (bicyclic) bond motifs is 1. The van der Waals surface area contributed by atoms with Gasteiger partial charge in [0.2, 0.25) is 5.91 Å². The molecule has 1 heterocycles. The zero-order chi connectivity index (χ0) is 18.5. The van der Waals surface area contributed by atoms with Gasteiger partial charge in [-0.15, -0.1) is 0 Å². The molecular weight excluding hydrogens is 332 g/mol. The summed E-state index contributed by atoms with van der Waals surface area (Å²) in [7, 11) is 0. The predicted octanol–water partition coefficient (Wildman–Crippen LogP) is 5.33. The second-order valence-corrected chi connectivity index (χ2v) is 6.66. The number of aromatic nitrogens is 1. The highest BCUT2D eigenvalue weighted by atomic mass is 16.2. The molecular formula is C24H22N2O. The first-order valence-corrected chi connectivity index (χ1v) is 9.25. The third-order valence-electron chi connectivity index (χ3n) is 4.84. The van der Waals surface area contributed by atoms with Crippen molar-refractivity contribution in [1.29, 1.82) is 0 Å². The van der Waals surface area contributed by atoms with Gasteiger partial charge in [0.1, 0.15) is 0 Å². The van der Waals surface area contributed by atoms with Crippen molar-refractivity contribution < 1.29 is 4.79 Å². The molecule has 4 rings (SSSR count).